The third-order valence-corrected chi connectivity index (χ3v) is 3.58. The van der Waals surface area contributed by atoms with E-state index in [9.17, 15) is 0 Å². The van der Waals surface area contributed by atoms with Crippen LogP contribution in [0.5, 0.6) is 0 Å². The molecule has 0 amide bonds. The van der Waals surface area contributed by atoms with E-state index in [0.29, 0.717) is 11.0 Å². The van der Waals surface area contributed by atoms with Crippen LogP contribution in [0.4, 0.5) is 0 Å². The molecule has 17 heavy (non-hydrogen) atoms. The number of nitrogens with zero attached hydrogens (tertiary/aromatic N) is 3. The number of rotatable bonds is 1. The summed E-state index contributed by atoms with van der Waals surface area (Å²) < 4.78 is 0. The van der Waals surface area contributed by atoms with E-state index in [-0.39, 0.29) is 0 Å². The molecule has 2 heterocycles. The monoisotopic (exact) mass is 261 g/mol. The second kappa shape index (κ2) is 4.05. The number of halogens is 1. The molecule has 0 spiro atoms. The van der Waals surface area contributed by atoms with Crippen LogP contribution in [-0.2, 0) is 0 Å². The first kappa shape index (κ1) is 10.6. The Hall–Kier alpha value is -1.52. The summed E-state index contributed by atoms with van der Waals surface area (Å²) in [5.74, 6) is 0.635. The van der Waals surface area contributed by atoms with Crippen molar-refractivity contribution in [2.45, 2.75) is 6.92 Å². The summed E-state index contributed by atoms with van der Waals surface area (Å²) in [7, 11) is 0. The van der Waals surface area contributed by atoms with Gasteiger partial charge in [0.1, 0.15) is 5.15 Å². The van der Waals surface area contributed by atoms with Crippen molar-refractivity contribution < 1.29 is 0 Å². The highest BCUT2D eigenvalue weighted by Gasteiger charge is 2.10. The van der Waals surface area contributed by atoms with Gasteiger partial charge in [-0.2, -0.15) is 0 Å². The van der Waals surface area contributed by atoms with Crippen LogP contribution in [0.3, 0.4) is 0 Å². The first-order valence-electron chi connectivity index (χ1n) is 5.07. The highest BCUT2D eigenvalue weighted by molar-refractivity contribution is 7.13. The van der Waals surface area contributed by atoms with Gasteiger partial charge in [-0.05, 0) is 18.6 Å². The van der Waals surface area contributed by atoms with Gasteiger partial charge in [-0.1, -0.05) is 23.7 Å². The first-order chi connectivity index (χ1) is 8.25. The largest absolute Gasteiger partial charge is 0.252 e. The Balaban J connectivity index is 2.32. The minimum Gasteiger partial charge on any atom is -0.252 e. The molecule has 0 aliphatic heterocycles. The van der Waals surface area contributed by atoms with E-state index in [0.717, 1.165) is 21.3 Å². The summed E-state index contributed by atoms with van der Waals surface area (Å²) in [6, 6.07) is 5.92. The molecular formula is C12H8ClN3S. The average molecular weight is 262 g/mol. The van der Waals surface area contributed by atoms with E-state index in [1.54, 1.807) is 11.7 Å². The smallest absolute Gasteiger partial charge is 0.173 e. The maximum absolute atomic E-state index is 6.22. The van der Waals surface area contributed by atoms with Gasteiger partial charge in [0.05, 0.1) is 15.9 Å². The number of fused-ring (bicyclic) bond motifs is 1. The zero-order valence-electron chi connectivity index (χ0n) is 9.01. The molecule has 2 aromatic heterocycles. The number of thiazole rings is 1. The average Bonchev–Trinajstić information content (AvgIpc) is 2.81. The zero-order valence-corrected chi connectivity index (χ0v) is 10.6. The lowest BCUT2D eigenvalue weighted by atomic mass is 10.1. The zero-order chi connectivity index (χ0) is 11.8. The maximum atomic E-state index is 6.22. The molecule has 3 aromatic rings. The molecule has 3 rings (SSSR count). The standard InChI is InChI=1S/C12H8ClN3S/c1-7-3-2-4-8-10(7)11(13)16-12(15-8)9-5-14-6-17-9/h2-6H,1H3. The number of aromatic nitrogens is 3. The summed E-state index contributed by atoms with van der Waals surface area (Å²) in [6.45, 7) is 2.00. The third-order valence-electron chi connectivity index (χ3n) is 2.54. The van der Waals surface area contributed by atoms with E-state index in [4.69, 9.17) is 11.6 Å². The first-order valence-corrected chi connectivity index (χ1v) is 6.33. The van der Waals surface area contributed by atoms with Crippen molar-refractivity contribution in [1.82, 2.24) is 15.0 Å². The van der Waals surface area contributed by atoms with Crippen LogP contribution in [0.2, 0.25) is 5.15 Å². The van der Waals surface area contributed by atoms with E-state index in [2.05, 4.69) is 15.0 Å². The fourth-order valence-corrected chi connectivity index (χ4v) is 2.62. The Kier molecular flexibility index (Phi) is 2.53. The molecule has 1 aromatic carbocycles. The molecule has 0 aliphatic rings. The molecule has 0 saturated heterocycles. The van der Waals surface area contributed by atoms with Crippen molar-refractivity contribution in [2.75, 3.05) is 0 Å². The van der Waals surface area contributed by atoms with Crippen LogP contribution in [-0.4, -0.2) is 15.0 Å². The van der Waals surface area contributed by atoms with Crippen LogP contribution >= 0.6 is 22.9 Å². The highest BCUT2D eigenvalue weighted by atomic mass is 35.5. The lowest BCUT2D eigenvalue weighted by molar-refractivity contribution is 1.23. The lowest BCUT2D eigenvalue weighted by Crippen LogP contribution is -1.91. The second-order valence-electron chi connectivity index (χ2n) is 3.67. The number of aryl methyl sites for hydroxylation is 1. The number of hydrogen-bond donors (Lipinski definition) is 0. The number of benzene rings is 1. The van der Waals surface area contributed by atoms with Gasteiger partial charge in [0.15, 0.2) is 5.82 Å². The topological polar surface area (TPSA) is 38.7 Å². The SMILES string of the molecule is Cc1cccc2nc(-c3cncs3)nc(Cl)c12. The van der Waals surface area contributed by atoms with Crippen molar-refractivity contribution >= 4 is 33.8 Å². The molecule has 0 bridgehead atoms. The summed E-state index contributed by atoms with van der Waals surface area (Å²) in [5.41, 5.74) is 3.71. The van der Waals surface area contributed by atoms with E-state index in [1.165, 1.54) is 11.3 Å². The Morgan fingerprint density at radius 2 is 2.12 bits per heavy atom. The molecule has 0 aliphatic carbocycles. The fraction of sp³-hybridized carbons (Fsp3) is 0.0833. The van der Waals surface area contributed by atoms with Gasteiger partial charge in [-0.3, -0.25) is 4.98 Å². The summed E-state index contributed by atoms with van der Waals surface area (Å²) in [5, 5.41) is 1.42. The van der Waals surface area contributed by atoms with Gasteiger partial charge in [-0.25, -0.2) is 9.97 Å². The van der Waals surface area contributed by atoms with Crippen LogP contribution in [0.1, 0.15) is 5.56 Å². The molecule has 0 atom stereocenters. The van der Waals surface area contributed by atoms with Crippen molar-refractivity contribution in [2.24, 2.45) is 0 Å². The van der Waals surface area contributed by atoms with Gasteiger partial charge < -0.3 is 0 Å². The van der Waals surface area contributed by atoms with Crippen LogP contribution in [0.15, 0.2) is 29.9 Å². The molecule has 5 heteroatoms. The summed E-state index contributed by atoms with van der Waals surface area (Å²) >= 11 is 7.72. The molecule has 0 unspecified atom stereocenters. The predicted molar refractivity (Wildman–Crippen MR) is 70.4 cm³/mol. The van der Waals surface area contributed by atoms with E-state index in [1.807, 2.05) is 25.1 Å². The van der Waals surface area contributed by atoms with Gasteiger partial charge in [0, 0.05) is 11.6 Å². The van der Waals surface area contributed by atoms with E-state index >= 15 is 0 Å². The molecule has 0 saturated carbocycles. The maximum Gasteiger partial charge on any atom is 0.173 e. The van der Waals surface area contributed by atoms with Gasteiger partial charge in [0.2, 0.25) is 0 Å². The summed E-state index contributed by atoms with van der Waals surface area (Å²) in [6.07, 6.45) is 1.75. The van der Waals surface area contributed by atoms with Crippen molar-refractivity contribution in [1.29, 1.82) is 0 Å². The van der Waals surface area contributed by atoms with Gasteiger partial charge >= 0.3 is 0 Å². The highest BCUT2D eigenvalue weighted by Crippen LogP contribution is 2.28. The Bertz CT molecular complexity index is 680. The Morgan fingerprint density at radius 1 is 1.24 bits per heavy atom. The summed E-state index contributed by atoms with van der Waals surface area (Å²) in [4.78, 5) is 13.8. The van der Waals surface area contributed by atoms with Crippen LogP contribution in [0, 0.1) is 6.92 Å². The second-order valence-corrected chi connectivity index (χ2v) is 4.92. The van der Waals surface area contributed by atoms with Crippen molar-refractivity contribution in [3.8, 4) is 10.7 Å². The quantitative estimate of drug-likeness (QED) is 0.627. The van der Waals surface area contributed by atoms with Crippen molar-refractivity contribution in [3.63, 3.8) is 0 Å². The molecule has 3 nitrogen and oxygen atoms in total. The Labute approximate surface area is 107 Å². The van der Waals surface area contributed by atoms with Crippen molar-refractivity contribution in [3.05, 3.63) is 40.6 Å². The normalized spacial score (nSPS) is 10.9. The third kappa shape index (κ3) is 1.79. The minimum atomic E-state index is 0.497. The number of hydrogen-bond acceptors (Lipinski definition) is 4. The molecule has 84 valence electrons. The van der Waals surface area contributed by atoms with Gasteiger partial charge in [0.25, 0.3) is 0 Å². The Morgan fingerprint density at radius 3 is 2.88 bits per heavy atom. The molecular weight excluding hydrogens is 254 g/mol. The van der Waals surface area contributed by atoms with Crippen LogP contribution < -0.4 is 0 Å². The molecule has 0 radical (unpaired) electrons. The lowest BCUT2D eigenvalue weighted by Gasteiger charge is -2.04. The van der Waals surface area contributed by atoms with E-state index < -0.39 is 0 Å². The molecule has 0 N–H and O–H groups in total. The minimum absolute atomic E-state index is 0.497. The predicted octanol–water partition coefficient (Wildman–Crippen LogP) is 3.72. The fourth-order valence-electron chi connectivity index (χ4n) is 1.74. The molecule has 0 fully saturated rings. The van der Waals surface area contributed by atoms with Crippen LogP contribution in [0.25, 0.3) is 21.6 Å². The van der Waals surface area contributed by atoms with Gasteiger partial charge in [-0.15, -0.1) is 11.3 Å².